The quantitative estimate of drug-likeness (QED) is 0.943. The molecule has 1 aliphatic heterocycles. The highest BCUT2D eigenvalue weighted by Crippen LogP contribution is 2.25. The molecule has 4 nitrogen and oxygen atoms in total. The molecule has 2 N–H and O–H groups in total. The summed E-state index contributed by atoms with van der Waals surface area (Å²) in [5.74, 6) is 0.996. The van der Waals surface area contributed by atoms with Gasteiger partial charge in [0.15, 0.2) is 0 Å². The number of carbonyl (C=O) groups is 1. The first-order chi connectivity index (χ1) is 10.6. The number of carbonyl (C=O) groups excluding carboxylic acids is 1. The van der Waals surface area contributed by atoms with E-state index in [1.807, 2.05) is 12.1 Å². The highest BCUT2D eigenvalue weighted by molar-refractivity contribution is 6.30. The number of pyridine rings is 1. The van der Waals surface area contributed by atoms with Crippen LogP contribution in [-0.4, -0.2) is 24.0 Å². The number of nitrogens with zero attached hydrogens (tertiary/aromatic N) is 2. The minimum absolute atomic E-state index is 0.416. The predicted molar refractivity (Wildman–Crippen MR) is 88.2 cm³/mol. The molecule has 22 heavy (non-hydrogen) atoms. The van der Waals surface area contributed by atoms with Crippen LogP contribution >= 0.6 is 11.6 Å². The zero-order chi connectivity index (χ0) is 15.5. The summed E-state index contributed by atoms with van der Waals surface area (Å²) in [5.41, 5.74) is 7.13. The summed E-state index contributed by atoms with van der Waals surface area (Å²) in [4.78, 5) is 17.8. The van der Waals surface area contributed by atoms with Crippen molar-refractivity contribution in [2.75, 3.05) is 18.0 Å². The lowest BCUT2D eigenvalue weighted by molar-refractivity contribution is 0.1000. The number of nitrogens with two attached hydrogens (primary N) is 1. The number of hydrogen-bond donors (Lipinski definition) is 1. The van der Waals surface area contributed by atoms with Crippen molar-refractivity contribution in [2.45, 2.75) is 12.8 Å². The number of halogens is 1. The Morgan fingerprint density at radius 2 is 2.09 bits per heavy atom. The van der Waals surface area contributed by atoms with Gasteiger partial charge in [0.25, 0.3) is 0 Å². The fraction of sp³-hybridized carbons (Fsp3) is 0.294. The Hall–Kier alpha value is -2.07. The van der Waals surface area contributed by atoms with E-state index in [0.717, 1.165) is 36.8 Å². The summed E-state index contributed by atoms with van der Waals surface area (Å²) in [6.45, 7) is 1.89. The molecule has 1 aliphatic rings. The first kappa shape index (κ1) is 14.9. The number of primary amides is 1. The summed E-state index contributed by atoms with van der Waals surface area (Å²) in [7, 11) is 0. The first-order valence-corrected chi connectivity index (χ1v) is 7.75. The molecule has 114 valence electrons. The Balaban J connectivity index is 1.65. The van der Waals surface area contributed by atoms with E-state index >= 15 is 0 Å². The highest BCUT2D eigenvalue weighted by atomic mass is 35.5. The van der Waals surface area contributed by atoms with Gasteiger partial charge in [0.2, 0.25) is 5.91 Å². The zero-order valence-corrected chi connectivity index (χ0v) is 13.0. The van der Waals surface area contributed by atoms with Crippen LogP contribution in [0.2, 0.25) is 5.02 Å². The lowest BCUT2D eigenvalue weighted by Crippen LogP contribution is -2.22. The first-order valence-electron chi connectivity index (χ1n) is 7.37. The summed E-state index contributed by atoms with van der Waals surface area (Å²) in [5, 5.41) is 0.768. The van der Waals surface area contributed by atoms with Crippen LogP contribution in [0, 0.1) is 5.92 Å². The van der Waals surface area contributed by atoms with E-state index < -0.39 is 5.91 Å². The molecule has 1 amide bonds. The van der Waals surface area contributed by atoms with E-state index in [9.17, 15) is 4.79 Å². The third kappa shape index (κ3) is 3.39. The van der Waals surface area contributed by atoms with Crippen LogP contribution in [0.1, 0.15) is 22.3 Å². The monoisotopic (exact) mass is 315 g/mol. The molecule has 2 heterocycles. The van der Waals surface area contributed by atoms with Gasteiger partial charge in [-0.25, -0.2) is 4.98 Å². The minimum Gasteiger partial charge on any atom is -0.366 e. The van der Waals surface area contributed by atoms with Gasteiger partial charge in [-0.05, 0) is 48.6 Å². The molecule has 0 spiro atoms. The Bertz CT molecular complexity index is 672. The molecule has 0 radical (unpaired) electrons. The van der Waals surface area contributed by atoms with Crippen LogP contribution in [0.3, 0.4) is 0 Å². The van der Waals surface area contributed by atoms with Gasteiger partial charge in [-0.15, -0.1) is 0 Å². The van der Waals surface area contributed by atoms with Crippen LogP contribution in [0.5, 0.6) is 0 Å². The van der Waals surface area contributed by atoms with Gasteiger partial charge in [-0.1, -0.05) is 23.7 Å². The number of aromatic nitrogens is 1. The Labute approximate surface area is 134 Å². The van der Waals surface area contributed by atoms with E-state index in [0.29, 0.717) is 11.5 Å². The number of amides is 1. The Kier molecular flexibility index (Phi) is 4.29. The number of anilines is 1. The molecular formula is C17H18ClN3O. The SMILES string of the molecule is NC(=O)c1ccnc(N2CCC(Cc3ccc(Cl)cc3)C2)c1. The maximum atomic E-state index is 11.3. The van der Waals surface area contributed by atoms with Crippen LogP contribution < -0.4 is 10.6 Å². The topological polar surface area (TPSA) is 59.2 Å². The van der Waals surface area contributed by atoms with Crippen molar-refractivity contribution in [2.24, 2.45) is 11.7 Å². The third-order valence-corrected chi connectivity index (χ3v) is 4.33. The Morgan fingerprint density at radius 1 is 1.32 bits per heavy atom. The Morgan fingerprint density at radius 3 is 2.82 bits per heavy atom. The minimum atomic E-state index is -0.416. The van der Waals surface area contributed by atoms with Gasteiger partial charge < -0.3 is 10.6 Å². The normalized spacial score (nSPS) is 17.7. The van der Waals surface area contributed by atoms with Crippen LogP contribution in [-0.2, 0) is 6.42 Å². The molecule has 1 saturated heterocycles. The zero-order valence-electron chi connectivity index (χ0n) is 12.2. The molecule has 2 aromatic rings. The molecule has 0 bridgehead atoms. The predicted octanol–water partition coefficient (Wildman–Crippen LogP) is 2.90. The molecule has 3 rings (SSSR count). The van der Waals surface area contributed by atoms with Crippen molar-refractivity contribution in [3.63, 3.8) is 0 Å². The molecule has 0 aliphatic carbocycles. The second-order valence-electron chi connectivity index (χ2n) is 5.70. The maximum absolute atomic E-state index is 11.3. The van der Waals surface area contributed by atoms with Gasteiger partial charge in [-0.3, -0.25) is 4.79 Å². The lowest BCUT2D eigenvalue weighted by Gasteiger charge is -2.18. The van der Waals surface area contributed by atoms with Crippen molar-refractivity contribution < 1.29 is 4.79 Å². The van der Waals surface area contributed by atoms with Crippen LogP contribution in [0.15, 0.2) is 42.6 Å². The van der Waals surface area contributed by atoms with E-state index in [1.165, 1.54) is 5.56 Å². The fourth-order valence-electron chi connectivity index (χ4n) is 2.91. The fourth-order valence-corrected chi connectivity index (χ4v) is 3.03. The molecule has 1 atom stereocenters. The smallest absolute Gasteiger partial charge is 0.248 e. The lowest BCUT2D eigenvalue weighted by atomic mass is 9.99. The van der Waals surface area contributed by atoms with E-state index in [-0.39, 0.29) is 0 Å². The van der Waals surface area contributed by atoms with Gasteiger partial charge >= 0.3 is 0 Å². The molecule has 1 aromatic heterocycles. The van der Waals surface area contributed by atoms with Gasteiger partial charge in [0.05, 0.1) is 0 Å². The standard InChI is InChI=1S/C17H18ClN3O/c18-15-3-1-12(2-4-15)9-13-6-8-21(11-13)16-10-14(17(19)22)5-7-20-16/h1-5,7,10,13H,6,8-9,11H2,(H2,19,22). The molecule has 1 unspecified atom stereocenters. The molecule has 1 fully saturated rings. The van der Waals surface area contributed by atoms with Crippen molar-refractivity contribution >= 4 is 23.3 Å². The van der Waals surface area contributed by atoms with Gasteiger partial charge in [0.1, 0.15) is 5.82 Å². The number of rotatable bonds is 4. The van der Waals surface area contributed by atoms with Crippen molar-refractivity contribution in [3.8, 4) is 0 Å². The summed E-state index contributed by atoms with van der Waals surface area (Å²) in [6.07, 6.45) is 3.79. The van der Waals surface area contributed by atoms with E-state index in [4.69, 9.17) is 17.3 Å². The number of hydrogen-bond acceptors (Lipinski definition) is 3. The average molecular weight is 316 g/mol. The molecule has 0 saturated carbocycles. The largest absolute Gasteiger partial charge is 0.366 e. The van der Waals surface area contributed by atoms with Gasteiger partial charge in [-0.2, -0.15) is 0 Å². The van der Waals surface area contributed by atoms with E-state index in [2.05, 4.69) is 22.0 Å². The second kappa shape index (κ2) is 6.36. The van der Waals surface area contributed by atoms with Crippen LogP contribution in [0.25, 0.3) is 0 Å². The molecule has 1 aromatic carbocycles. The summed E-state index contributed by atoms with van der Waals surface area (Å²) < 4.78 is 0. The number of benzene rings is 1. The van der Waals surface area contributed by atoms with Crippen molar-refractivity contribution in [1.29, 1.82) is 0 Å². The average Bonchev–Trinajstić information content (AvgIpc) is 2.98. The van der Waals surface area contributed by atoms with Crippen molar-refractivity contribution in [3.05, 3.63) is 58.7 Å². The van der Waals surface area contributed by atoms with Crippen LogP contribution in [0.4, 0.5) is 5.82 Å². The maximum Gasteiger partial charge on any atom is 0.248 e. The highest BCUT2D eigenvalue weighted by Gasteiger charge is 2.24. The molecular weight excluding hydrogens is 298 g/mol. The summed E-state index contributed by atoms with van der Waals surface area (Å²) in [6, 6.07) is 11.4. The van der Waals surface area contributed by atoms with E-state index in [1.54, 1.807) is 18.3 Å². The van der Waals surface area contributed by atoms with Crippen molar-refractivity contribution in [1.82, 2.24) is 4.98 Å². The second-order valence-corrected chi connectivity index (χ2v) is 6.13. The third-order valence-electron chi connectivity index (χ3n) is 4.08. The molecule has 5 heteroatoms. The summed E-state index contributed by atoms with van der Waals surface area (Å²) >= 11 is 5.92. The van der Waals surface area contributed by atoms with Gasteiger partial charge in [0, 0.05) is 29.9 Å².